The van der Waals surface area contributed by atoms with Gasteiger partial charge in [-0.15, -0.1) is 0 Å². The molecule has 3 amide bonds. The van der Waals surface area contributed by atoms with Crippen LogP contribution in [0.1, 0.15) is 31.9 Å². The maximum atomic E-state index is 12.5. The summed E-state index contributed by atoms with van der Waals surface area (Å²) in [7, 11) is 1.59. The third-order valence-electron chi connectivity index (χ3n) is 4.33. The molecular formula is C19H28N4O3. The predicted molar refractivity (Wildman–Crippen MR) is 99.1 cm³/mol. The molecule has 7 heteroatoms. The average Bonchev–Trinajstić information content (AvgIpc) is 2.51. The number of hydrogen-bond acceptors (Lipinski definition) is 4. The van der Waals surface area contributed by atoms with Crippen molar-refractivity contribution in [2.75, 3.05) is 20.1 Å². The molecule has 0 aliphatic carbocycles. The molecule has 0 spiro atoms. The first-order chi connectivity index (χ1) is 12.1. The van der Waals surface area contributed by atoms with Gasteiger partial charge in [0.2, 0.25) is 17.7 Å². The lowest BCUT2D eigenvalue weighted by Crippen LogP contribution is -2.53. The summed E-state index contributed by atoms with van der Waals surface area (Å²) < 4.78 is 0. The second kappa shape index (κ2) is 7.86. The molecule has 7 nitrogen and oxygen atoms in total. The molecule has 0 unspecified atom stereocenters. The minimum absolute atomic E-state index is 0.0260. The van der Waals surface area contributed by atoms with Crippen molar-refractivity contribution < 1.29 is 14.4 Å². The van der Waals surface area contributed by atoms with Gasteiger partial charge in [0.25, 0.3) is 0 Å². The Hall–Kier alpha value is -2.41. The molecular weight excluding hydrogens is 332 g/mol. The van der Waals surface area contributed by atoms with Crippen molar-refractivity contribution in [3.05, 3.63) is 35.4 Å². The lowest BCUT2D eigenvalue weighted by Gasteiger charge is -2.35. The standard InChI is InChI=1S/C19H28N4O3/c1-19(2,3)21-16(24)11-22(4)17(25)12-23-10-14-8-6-5-7-13(14)9-15(23)18(20)26/h5-8,15H,9-12H2,1-4H3,(H2,20,26)(H,21,24)/t15-/m1/s1. The van der Waals surface area contributed by atoms with Gasteiger partial charge in [0.1, 0.15) is 0 Å². The lowest BCUT2D eigenvalue weighted by molar-refractivity contribution is -0.137. The molecule has 1 heterocycles. The Balaban J connectivity index is 2.02. The number of rotatable bonds is 5. The van der Waals surface area contributed by atoms with Crippen LogP contribution in [0.2, 0.25) is 0 Å². The summed E-state index contributed by atoms with van der Waals surface area (Å²) in [5, 5.41) is 2.83. The van der Waals surface area contributed by atoms with Crippen LogP contribution in [0.5, 0.6) is 0 Å². The molecule has 1 aliphatic rings. The van der Waals surface area contributed by atoms with Crippen LogP contribution in [0.25, 0.3) is 0 Å². The van der Waals surface area contributed by atoms with E-state index in [0.717, 1.165) is 11.1 Å². The third kappa shape index (κ3) is 5.29. The first kappa shape index (κ1) is 19.9. The number of fused-ring (bicyclic) bond motifs is 1. The van der Waals surface area contributed by atoms with E-state index in [1.165, 1.54) is 4.90 Å². The summed E-state index contributed by atoms with van der Waals surface area (Å²) in [5.41, 5.74) is 7.36. The van der Waals surface area contributed by atoms with Gasteiger partial charge in [-0.25, -0.2) is 0 Å². The van der Waals surface area contributed by atoms with Crippen LogP contribution in [0.15, 0.2) is 24.3 Å². The topological polar surface area (TPSA) is 95.7 Å². The molecule has 1 aromatic rings. The van der Waals surface area contributed by atoms with Crippen molar-refractivity contribution >= 4 is 17.7 Å². The molecule has 1 aromatic carbocycles. The van der Waals surface area contributed by atoms with Gasteiger partial charge in [-0.3, -0.25) is 19.3 Å². The quantitative estimate of drug-likeness (QED) is 0.788. The molecule has 0 bridgehead atoms. The molecule has 1 atom stereocenters. The van der Waals surface area contributed by atoms with Gasteiger partial charge < -0.3 is 16.0 Å². The van der Waals surface area contributed by atoms with Crippen molar-refractivity contribution in [2.24, 2.45) is 5.73 Å². The summed E-state index contributed by atoms with van der Waals surface area (Å²) >= 11 is 0. The van der Waals surface area contributed by atoms with Crippen LogP contribution in [0.4, 0.5) is 0 Å². The number of hydrogen-bond donors (Lipinski definition) is 2. The molecule has 26 heavy (non-hydrogen) atoms. The monoisotopic (exact) mass is 360 g/mol. The Labute approximate surface area is 154 Å². The molecule has 0 saturated heterocycles. The fourth-order valence-corrected chi connectivity index (χ4v) is 3.08. The van der Waals surface area contributed by atoms with Crippen LogP contribution in [-0.4, -0.2) is 59.2 Å². The highest BCUT2D eigenvalue weighted by Gasteiger charge is 2.32. The first-order valence-corrected chi connectivity index (χ1v) is 8.72. The number of likely N-dealkylation sites (N-methyl/N-ethyl adjacent to an activating group) is 1. The van der Waals surface area contributed by atoms with Crippen molar-refractivity contribution in [2.45, 2.75) is 45.3 Å². The number of nitrogens with zero attached hydrogens (tertiary/aromatic N) is 2. The number of carbonyl (C=O) groups excluding carboxylic acids is 3. The average molecular weight is 360 g/mol. The number of primary amides is 1. The number of benzene rings is 1. The maximum Gasteiger partial charge on any atom is 0.240 e. The number of nitrogens with two attached hydrogens (primary N) is 1. The molecule has 0 radical (unpaired) electrons. The van der Waals surface area contributed by atoms with E-state index in [1.54, 1.807) is 11.9 Å². The molecule has 0 saturated carbocycles. The van der Waals surface area contributed by atoms with E-state index in [2.05, 4.69) is 5.32 Å². The van der Waals surface area contributed by atoms with Crippen LogP contribution in [0, 0.1) is 0 Å². The minimum Gasteiger partial charge on any atom is -0.368 e. The second-order valence-corrected chi connectivity index (χ2v) is 7.84. The summed E-state index contributed by atoms with van der Waals surface area (Å²) in [5.74, 6) is -0.885. The second-order valence-electron chi connectivity index (χ2n) is 7.84. The van der Waals surface area contributed by atoms with Crippen LogP contribution < -0.4 is 11.1 Å². The van der Waals surface area contributed by atoms with Gasteiger partial charge in [-0.2, -0.15) is 0 Å². The molecule has 2 rings (SSSR count). The smallest absolute Gasteiger partial charge is 0.240 e. The third-order valence-corrected chi connectivity index (χ3v) is 4.33. The highest BCUT2D eigenvalue weighted by Crippen LogP contribution is 2.23. The Morgan fingerprint density at radius 2 is 1.85 bits per heavy atom. The highest BCUT2D eigenvalue weighted by atomic mass is 16.2. The van der Waals surface area contributed by atoms with Crippen LogP contribution in [-0.2, 0) is 27.3 Å². The lowest BCUT2D eigenvalue weighted by atomic mass is 9.93. The van der Waals surface area contributed by atoms with Gasteiger partial charge >= 0.3 is 0 Å². The van der Waals surface area contributed by atoms with Gasteiger partial charge in [-0.05, 0) is 38.3 Å². The van der Waals surface area contributed by atoms with Gasteiger partial charge in [0.15, 0.2) is 0 Å². The summed E-state index contributed by atoms with van der Waals surface area (Å²) in [6, 6.07) is 7.31. The zero-order valence-corrected chi connectivity index (χ0v) is 15.9. The summed E-state index contributed by atoms with van der Waals surface area (Å²) in [4.78, 5) is 39.6. The van der Waals surface area contributed by atoms with Crippen LogP contribution >= 0.6 is 0 Å². The highest BCUT2D eigenvalue weighted by molar-refractivity contribution is 5.87. The normalized spacial score (nSPS) is 17.3. The Bertz CT molecular complexity index is 696. The number of amides is 3. The Morgan fingerprint density at radius 3 is 2.42 bits per heavy atom. The van der Waals surface area contributed by atoms with Crippen molar-refractivity contribution in [1.82, 2.24) is 15.1 Å². The van der Waals surface area contributed by atoms with Crippen molar-refractivity contribution in [3.63, 3.8) is 0 Å². The number of nitrogens with one attached hydrogen (secondary N) is 1. The molecule has 1 aliphatic heterocycles. The summed E-state index contributed by atoms with van der Waals surface area (Å²) in [6.07, 6.45) is 0.493. The SMILES string of the molecule is CN(CC(=O)NC(C)(C)C)C(=O)CN1Cc2ccccc2C[C@@H]1C(N)=O. The van der Waals surface area contributed by atoms with E-state index in [4.69, 9.17) is 5.73 Å². The minimum atomic E-state index is -0.523. The van der Waals surface area contributed by atoms with Crippen LogP contribution in [0.3, 0.4) is 0 Å². The maximum absolute atomic E-state index is 12.5. The van der Waals surface area contributed by atoms with E-state index >= 15 is 0 Å². The van der Waals surface area contributed by atoms with E-state index in [0.29, 0.717) is 13.0 Å². The predicted octanol–water partition coefficient (Wildman–Crippen LogP) is 0.272. The zero-order chi connectivity index (χ0) is 19.5. The molecule has 0 fully saturated rings. The van der Waals surface area contributed by atoms with Gasteiger partial charge in [-0.1, -0.05) is 24.3 Å². The Morgan fingerprint density at radius 1 is 1.23 bits per heavy atom. The van der Waals surface area contributed by atoms with Gasteiger partial charge in [0.05, 0.1) is 19.1 Å². The zero-order valence-electron chi connectivity index (χ0n) is 15.9. The number of carbonyl (C=O) groups is 3. The van der Waals surface area contributed by atoms with Crippen molar-refractivity contribution in [3.8, 4) is 0 Å². The van der Waals surface area contributed by atoms with E-state index < -0.39 is 11.9 Å². The molecule has 0 aromatic heterocycles. The van der Waals surface area contributed by atoms with E-state index in [1.807, 2.05) is 45.0 Å². The van der Waals surface area contributed by atoms with E-state index in [9.17, 15) is 14.4 Å². The molecule has 3 N–H and O–H groups in total. The fourth-order valence-electron chi connectivity index (χ4n) is 3.08. The fraction of sp³-hybridized carbons (Fsp3) is 0.526. The molecule has 142 valence electrons. The Kier molecular flexibility index (Phi) is 6.02. The summed E-state index contributed by atoms with van der Waals surface area (Å²) in [6.45, 7) is 6.15. The largest absolute Gasteiger partial charge is 0.368 e. The first-order valence-electron chi connectivity index (χ1n) is 8.72. The van der Waals surface area contributed by atoms with E-state index in [-0.39, 0.29) is 30.4 Å². The van der Waals surface area contributed by atoms with Gasteiger partial charge in [0, 0.05) is 19.1 Å². The van der Waals surface area contributed by atoms with Crippen molar-refractivity contribution in [1.29, 1.82) is 0 Å².